The average molecular weight is 340 g/mol. The Bertz CT molecular complexity index is 561. The summed E-state index contributed by atoms with van der Waals surface area (Å²) in [6.07, 6.45) is 7.39. The van der Waals surface area contributed by atoms with Gasteiger partial charge in [0.15, 0.2) is 0 Å². The van der Waals surface area contributed by atoms with Gasteiger partial charge >= 0.3 is 0 Å². The smallest absolute Gasteiger partial charge is 0.297 e. The number of benzene rings is 1. The van der Waals surface area contributed by atoms with E-state index in [9.17, 15) is 8.42 Å². The van der Waals surface area contributed by atoms with Crippen LogP contribution < -0.4 is 0 Å². The maximum Gasteiger partial charge on any atom is 0.297 e. The Morgan fingerprint density at radius 2 is 1.74 bits per heavy atom. The zero-order valence-electron chi connectivity index (χ0n) is 14.2. The molecule has 0 aliphatic carbocycles. The molecule has 1 aliphatic heterocycles. The molecule has 0 bridgehead atoms. The SMILES string of the molecule is CCCCCCCC[C@H](OS(=O)(=O)c1ccc(C)cc1)[C@@H]1CO1. The van der Waals surface area contributed by atoms with Gasteiger partial charge < -0.3 is 4.74 Å². The minimum absolute atomic E-state index is 0.0640. The summed E-state index contributed by atoms with van der Waals surface area (Å²) in [5.74, 6) is 0. The van der Waals surface area contributed by atoms with E-state index in [2.05, 4.69) is 6.92 Å². The van der Waals surface area contributed by atoms with Crippen LogP contribution in [0, 0.1) is 6.92 Å². The molecule has 1 saturated heterocycles. The second kappa shape index (κ2) is 8.81. The third-order valence-corrected chi connectivity index (χ3v) is 5.53. The number of ether oxygens (including phenoxy) is 1. The van der Waals surface area contributed by atoms with Gasteiger partial charge in [-0.3, -0.25) is 4.18 Å². The van der Waals surface area contributed by atoms with Gasteiger partial charge in [0.25, 0.3) is 10.1 Å². The molecule has 0 radical (unpaired) electrons. The minimum atomic E-state index is -3.71. The van der Waals surface area contributed by atoms with Crippen LogP contribution in [-0.4, -0.2) is 27.2 Å². The Balaban J connectivity index is 1.85. The van der Waals surface area contributed by atoms with Crippen molar-refractivity contribution in [1.29, 1.82) is 0 Å². The van der Waals surface area contributed by atoms with Gasteiger partial charge in [0, 0.05) is 0 Å². The fourth-order valence-corrected chi connectivity index (χ4v) is 3.74. The van der Waals surface area contributed by atoms with Crippen molar-refractivity contribution in [2.75, 3.05) is 6.61 Å². The van der Waals surface area contributed by atoms with Crippen molar-refractivity contribution in [3.8, 4) is 0 Å². The molecule has 1 heterocycles. The average Bonchev–Trinajstić information content (AvgIpc) is 3.34. The Morgan fingerprint density at radius 3 is 2.35 bits per heavy atom. The highest BCUT2D eigenvalue weighted by molar-refractivity contribution is 7.86. The molecule has 2 rings (SSSR count). The molecular formula is C18H28O4S. The lowest BCUT2D eigenvalue weighted by atomic mass is 10.1. The van der Waals surface area contributed by atoms with E-state index in [1.54, 1.807) is 24.3 Å². The highest BCUT2D eigenvalue weighted by Crippen LogP contribution is 2.26. The fourth-order valence-electron chi connectivity index (χ4n) is 2.62. The van der Waals surface area contributed by atoms with Gasteiger partial charge in [-0.1, -0.05) is 63.1 Å². The summed E-state index contributed by atoms with van der Waals surface area (Å²) in [7, 11) is -3.71. The Kier molecular flexibility index (Phi) is 7.06. The highest BCUT2D eigenvalue weighted by Gasteiger charge is 2.36. The Labute approximate surface area is 140 Å². The molecule has 4 nitrogen and oxygen atoms in total. The van der Waals surface area contributed by atoms with Gasteiger partial charge in [0.1, 0.15) is 12.2 Å². The molecule has 130 valence electrons. The molecular weight excluding hydrogens is 312 g/mol. The number of hydrogen-bond acceptors (Lipinski definition) is 4. The monoisotopic (exact) mass is 340 g/mol. The normalized spacial score (nSPS) is 18.8. The first kappa shape index (κ1) is 18.4. The molecule has 1 fully saturated rings. The number of aryl methyl sites for hydroxylation is 1. The molecule has 5 heteroatoms. The van der Waals surface area contributed by atoms with E-state index in [0.717, 1.165) is 24.8 Å². The van der Waals surface area contributed by atoms with E-state index in [0.29, 0.717) is 6.61 Å². The van der Waals surface area contributed by atoms with E-state index < -0.39 is 10.1 Å². The number of unbranched alkanes of at least 4 members (excludes halogenated alkanes) is 5. The second-order valence-corrected chi connectivity index (χ2v) is 7.90. The van der Waals surface area contributed by atoms with Gasteiger partial charge in [-0.05, 0) is 25.5 Å². The molecule has 1 aromatic carbocycles. The maximum atomic E-state index is 12.4. The molecule has 0 aromatic heterocycles. The van der Waals surface area contributed by atoms with Gasteiger partial charge in [0.2, 0.25) is 0 Å². The molecule has 23 heavy (non-hydrogen) atoms. The van der Waals surface area contributed by atoms with Crippen LogP contribution in [0.5, 0.6) is 0 Å². The zero-order valence-corrected chi connectivity index (χ0v) is 15.0. The van der Waals surface area contributed by atoms with Crippen molar-refractivity contribution in [2.24, 2.45) is 0 Å². The quantitative estimate of drug-likeness (QED) is 0.344. The summed E-state index contributed by atoms with van der Waals surface area (Å²) < 4.78 is 35.5. The molecule has 1 aromatic rings. The molecule has 0 spiro atoms. The third-order valence-electron chi connectivity index (χ3n) is 4.18. The van der Waals surface area contributed by atoms with Crippen LogP contribution >= 0.6 is 0 Å². The van der Waals surface area contributed by atoms with Crippen molar-refractivity contribution in [1.82, 2.24) is 0 Å². The first-order valence-electron chi connectivity index (χ1n) is 8.64. The van der Waals surface area contributed by atoms with Crippen LogP contribution in [0.3, 0.4) is 0 Å². The molecule has 0 N–H and O–H groups in total. The van der Waals surface area contributed by atoms with Crippen molar-refractivity contribution in [2.45, 2.75) is 75.9 Å². The standard InChI is InChI=1S/C18H28O4S/c1-3-4-5-6-7-8-9-17(18-14-21-18)22-23(19,20)16-12-10-15(2)11-13-16/h10-13,17-18H,3-9,14H2,1-2H3/t17-,18-/m0/s1. The summed E-state index contributed by atoms with van der Waals surface area (Å²) in [4.78, 5) is 0.219. The van der Waals surface area contributed by atoms with E-state index in [-0.39, 0.29) is 17.1 Å². The van der Waals surface area contributed by atoms with Gasteiger partial charge in [0.05, 0.1) is 11.5 Å². The topological polar surface area (TPSA) is 55.9 Å². The predicted molar refractivity (Wildman–Crippen MR) is 91.0 cm³/mol. The molecule has 1 aliphatic rings. The van der Waals surface area contributed by atoms with Gasteiger partial charge in [-0.25, -0.2) is 0 Å². The molecule has 0 unspecified atom stereocenters. The van der Waals surface area contributed by atoms with Crippen molar-refractivity contribution in [3.63, 3.8) is 0 Å². The first-order chi connectivity index (χ1) is 11.0. The first-order valence-corrected chi connectivity index (χ1v) is 10.1. The summed E-state index contributed by atoms with van der Waals surface area (Å²) in [5.41, 5.74) is 1.03. The van der Waals surface area contributed by atoms with Crippen LogP contribution in [-0.2, 0) is 19.0 Å². The number of rotatable bonds is 11. The van der Waals surface area contributed by atoms with Crippen LogP contribution in [0.15, 0.2) is 29.2 Å². The van der Waals surface area contributed by atoms with Crippen molar-refractivity contribution in [3.05, 3.63) is 29.8 Å². The number of epoxide rings is 1. The Hall–Kier alpha value is -0.910. The Morgan fingerprint density at radius 1 is 1.13 bits per heavy atom. The summed E-state index contributed by atoms with van der Waals surface area (Å²) in [5, 5.41) is 0. The lowest BCUT2D eigenvalue weighted by molar-refractivity contribution is 0.153. The summed E-state index contributed by atoms with van der Waals surface area (Å²) in [6, 6.07) is 6.76. The van der Waals surface area contributed by atoms with E-state index >= 15 is 0 Å². The van der Waals surface area contributed by atoms with Crippen LogP contribution in [0.2, 0.25) is 0 Å². The molecule has 0 saturated carbocycles. The lowest BCUT2D eigenvalue weighted by Crippen LogP contribution is -2.24. The lowest BCUT2D eigenvalue weighted by Gasteiger charge is -2.15. The molecule has 0 amide bonds. The van der Waals surface area contributed by atoms with Crippen molar-refractivity contribution < 1.29 is 17.3 Å². The van der Waals surface area contributed by atoms with Gasteiger partial charge in [-0.2, -0.15) is 8.42 Å². The fraction of sp³-hybridized carbons (Fsp3) is 0.667. The van der Waals surface area contributed by atoms with Crippen LogP contribution in [0.1, 0.15) is 57.4 Å². The third kappa shape index (κ3) is 6.24. The summed E-state index contributed by atoms with van der Waals surface area (Å²) in [6.45, 7) is 4.73. The van der Waals surface area contributed by atoms with E-state index in [1.807, 2.05) is 6.92 Å². The predicted octanol–water partition coefficient (Wildman–Crippen LogP) is 4.22. The minimum Gasteiger partial charge on any atom is -0.370 e. The van der Waals surface area contributed by atoms with E-state index in [4.69, 9.17) is 8.92 Å². The second-order valence-electron chi connectivity index (χ2n) is 6.33. The van der Waals surface area contributed by atoms with Crippen LogP contribution in [0.25, 0.3) is 0 Å². The summed E-state index contributed by atoms with van der Waals surface area (Å²) >= 11 is 0. The highest BCUT2D eigenvalue weighted by atomic mass is 32.2. The zero-order chi connectivity index (χ0) is 16.7. The van der Waals surface area contributed by atoms with Crippen molar-refractivity contribution >= 4 is 10.1 Å². The van der Waals surface area contributed by atoms with E-state index in [1.165, 1.54) is 25.7 Å². The van der Waals surface area contributed by atoms with Crippen LogP contribution in [0.4, 0.5) is 0 Å². The maximum absolute atomic E-state index is 12.4. The van der Waals surface area contributed by atoms with Gasteiger partial charge in [-0.15, -0.1) is 0 Å². The molecule has 2 atom stereocenters. The largest absolute Gasteiger partial charge is 0.370 e. The number of hydrogen-bond donors (Lipinski definition) is 0.